The molecule has 0 spiro atoms. The van der Waals surface area contributed by atoms with Crippen molar-refractivity contribution in [3.8, 4) is 0 Å². The Morgan fingerprint density at radius 3 is 2.45 bits per heavy atom. The number of carbonyl (C=O) groups excluding carboxylic acids is 3. The molecule has 3 aliphatic rings. The van der Waals surface area contributed by atoms with E-state index in [-0.39, 0.29) is 46.8 Å². The van der Waals surface area contributed by atoms with Gasteiger partial charge in [-0.25, -0.2) is 8.42 Å². The highest BCUT2D eigenvalue weighted by Crippen LogP contribution is 2.32. The molecule has 2 aromatic rings. The molecule has 2 bridgehead atoms. The monoisotopic (exact) mass is 627 g/mol. The molecule has 3 aliphatic heterocycles. The zero-order valence-electron chi connectivity index (χ0n) is 21.1. The van der Waals surface area contributed by atoms with E-state index in [9.17, 15) is 22.8 Å². The second-order valence-corrected chi connectivity index (χ2v) is 12.5. The maximum Gasteiger partial charge on any atom is 0.245 e. The fourth-order valence-corrected chi connectivity index (χ4v) is 7.65. The van der Waals surface area contributed by atoms with Crippen LogP contribution in [0.2, 0.25) is 5.02 Å². The predicted octanol–water partition coefficient (Wildman–Crippen LogP) is 1.45. The first-order valence-electron chi connectivity index (χ1n) is 12.3. The summed E-state index contributed by atoms with van der Waals surface area (Å²) in [6, 6.07) is 8.21. The van der Waals surface area contributed by atoms with Crippen LogP contribution in [0.25, 0.3) is 10.8 Å². The Labute approximate surface area is 237 Å². The van der Waals surface area contributed by atoms with Gasteiger partial charge in [-0.1, -0.05) is 23.7 Å². The zero-order chi connectivity index (χ0) is 26.6. The van der Waals surface area contributed by atoms with E-state index in [1.807, 2.05) is 11.9 Å². The lowest BCUT2D eigenvalue weighted by atomic mass is 10.1. The molecule has 2 N–H and O–H groups in total. The third kappa shape index (κ3) is 5.04. The van der Waals surface area contributed by atoms with Crippen LogP contribution in [0.15, 0.2) is 41.3 Å². The summed E-state index contributed by atoms with van der Waals surface area (Å²) in [4.78, 5) is 44.2. The molecule has 0 radical (unpaired) electrons. The Kier molecular flexibility index (Phi) is 8.11. The molecule has 3 heterocycles. The van der Waals surface area contributed by atoms with Crippen molar-refractivity contribution in [2.75, 3.05) is 33.2 Å². The molecule has 4 atom stereocenters. The topological polar surface area (TPSA) is 124 Å². The highest BCUT2D eigenvalue weighted by molar-refractivity contribution is 8.93. The largest absolute Gasteiger partial charge is 0.369 e. The van der Waals surface area contributed by atoms with Crippen molar-refractivity contribution in [3.63, 3.8) is 0 Å². The Morgan fingerprint density at radius 2 is 1.82 bits per heavy atom. The predicted molar refractivity (Wildman–Crippen MR) is 148 cm³/mol. The number of nitrogens with two attached hydrogens (primary N) is 1. The number of benzene rings is 2. The average Bonchev–Trinajstić information content (AvgIpc) is 3.54. The maximum absolute atomic E-state index is 13.7. The molecule has 3 saturated heterocycles. The van der Waals surface area contributed by atoms with Crippen LogP contribution in [0.1, 0.15) is 19.8 Å². The van der Waals surface area contributed by atoms with Gasteiger partial charge in [0, 0.05) is 36.7 Å². The van der Waals surface area contributed by atoms with Crippen LogP contribution in [0.3, 0.4) is 0 Å². The van der Waals surface area contributed by atoms with Gasteiger partial charge in [-0.2, -0.15) is 4.31 Å². The second-order valence-electron chi connectivity index (χ2n) is 10.2. The van der Waals surface area contributed by atoms with Crippen molar-refractivity contribution in [2.45, 2.75) is 48.8 Å². The third-order valence-corrected chi connectivity index (χ3v) is 9.96. The number of fused-ring (bicyclic) bond motifs is 3. The molecule has 0 aliphatic carbocycles. The molecule has 38 heavy (non-hydrogen) atoms. The molecule has 2 aromatic carbocycles. The number of piperazine rings is 1. The van der Waals surface area contributed by atoms with Crippen molar-refractivity contribution >= 4 is 67.1 Å². The number of hydrogen-bond donors (Lipinski definition) is 1. The van der Waals surface area contributed by atoms with Gasteiger partial charge in [0.15, 0.2) is 0 Å². The van der Waals surface area contributed by atoms with E-state index in [2.05, 4.69) is 4.90 Å². The average molecular weight is 629 g/mol. The summed E-state index contributed by atoms with van der Waals surface area (Å²) in [5, 5.41) is 1.92. The first-order chi connectivity index (χ1) is 17.5. The fourth-order valence-electron chi connectivity index (χ4n) is 5.85. The molecular weight excluding hydrogens is 598 g/mol. The van der Waals surface area contributed by atoms with Crippen LogP contribution in [0.5, 0.6) is 0 Å². The van der Waals surface area contributed by atoms with Crippen molar-refractivity contribution in [2.24, 2.45) is 5.73 Å². The number of sulfonamides is 1. The van der Waals surface area contributed by atoms with Gasteiger partial charge in [0.1, 0.15) is 12.1 Å². The van der Waals surface area contributed by atoms with E-state index in [0.29, 0.717) is 23.0 Å². The molecule has 3 fully saturated rings. The number of primary amides is 1. The Morgan fingerprint density at radius 1 is 1.13 bits per heavy atom. The second kappa shape index (κ2) is 10.7. The van der Waals surface area contributed by atoms with Crippen LogP contribution in [-0.4, -0.2) is 103 Å². The lowest BCUT2D eigenvalue weighted by Gasteiger charge is -2.36. The number of halogens is 2. The van der Waals surface area contributed by atoms with Gasteiger partial charge in [-0.3, -0.25) is 19.3 Å². The SMILES string of the molecule is Br.C[C@@H](C(=O)N1C[C@@H]2C[C@H]1CN2C)N1CC[C@H](N(CC(N)=O)S(=O)(=O)c2ccc3cc(Cl)ccc3c2)C1=O. The molecule has 13 heteroatoms. The summed E-state index contributed by atoms with van der Waals surface area (Å²) in [6.07, 6.45) is 1.08. The summed E-state index contributed by atoms with van der Waals surface area (Å²) in [6.45, 7) is 2.68. The highest BCUT2D eigenvalue weighted by Gasteiger charge is 2.48. The quantitative estimate of drug-likeness (QED) is 0.495. The summed E-state index contributed by atoms with van der Waals surface area (Å²) >= 11 is 6.04. The van der Waals surface area contributed by atoms with Crippen molar-refractivity contribution in [1.29, 1.82) is 0 Å². The summed E-state index contributed by atoms with van der Waals surface area (Å²) in [5.74, 6) is -1.50. The summed E-state index contributed by atoms with van der Waals surface area (Å²) in [5.41, 5.74) is 5.41. The Hall–Kier alpha value is -2.25. The number of carbonyl (C=O) groups is 3. The summed E-state index contributed by atoms with van der Waals surface area (Å²) < 4.78 is 28.3. The van der Waals surface area contributed by atoms with Gasteiger partial charge in [-0.15, -0.1) is 17.0 Å². The lowest BCUT2D eigenvalue weighted by molar-refractivity contribution is -0.145. The van der Waals surface area contributed by atoms with Crippen LogP contribution >= 0.6 is 28.6 Å². The number of likely N-dealkylation sites (N-methyl/N-ethyl adjacent to an activating group) is 1. The third-order valence-electron chi connectivity index (χ3n) is 7.87. The number of rotatable bonds is 7. The van der Waals surface area contributed by atoms with E-state index in [1.54, 1.807) is 31.2 Å². The highest BCUT2D eigenvalue weighted by atomic mass is 79.9. The van der Waals surface area contributed by atoms with E-state index in [4.69, 9.17) is 17.3 Å². The molecule has 5 rings (SSSR count). The molecule has 10 nitrogen and oxygen atoms in total. The van der Waals surface area contributed by atoms with Gasteiger partial charge in [0.05, 0.1) is 11.4 Å². The minimum Gasteiger partial charge on any atom is -0.369 e. The van der Waals surface area contributed by atoms with Crippen LogP contribution in [0, 0.1) is 0 Å². The standard InChI is InChI=1S/C25H30ClN5O5S.BrH/c1-15(24(33)30-13-19-11-20(30)12-28(19)2)29-8-7-22(25(29)34)31(14-23(27)32)37(35,36)21-6-4-16-9-18(26)5-3-17(16)10-21;/h3-6,9-10,15,19-20,22H,7-8,11-14H2,1-2H3,(H2,27,32);1H/t15-,19-,20-,22-;/m0./s1. The van der Waals surface area contributed by atoms with Gasteiger partial charge in [0.2, 0.25) is 27.7 Å². The van der Waals surface area contributed by atoms with Gasteiger partial charge >= 0.3 is 0 Å². The van der Waals surface area contributed by atoms with Gasteiger partial charge in [0.25, 0.3) is 0 Å². The van der Waals surface area contributed by atoms with Crippen molar-refractivity contribution in [1.82, 2.24) is 19.0 Å². The lowest BCUT2D eigenvalue weighted by Crippen LogP contribution is -2.55. The number of amides is 3. The molecular formula is C25H31BrClN5O5S. The van der Waals surface area contributed by atoms with E-state index >= 15 is 0 Å². The maximum atomic E-state index is 13.7. The zero-order valence-corrected chi connectivity index (χ0v) is 24.4. The fraction of sp³-hybridized carbons (Fsp3) is 0.480. The first kappa shape index (κ1) is 28.8. The van der Waals surface area contributed by atoms with Crippen LogP contribution in [0.4, 0.5) is 0 Å². The first-order valence-corrected chi connectivity index (χ1v) is 14.1. The van der Waals surface area contributed by atoms with E-state index in [0.717, 1.165) is 22.7 Å². The normalized spacial score (nSPS) is 24.3. The Balaban J connectivity index is 0.00000336. The molecule has 206 valence electrons. The Bertz CT molecular complexity index is 1390. The molecule has 3 amide bonds. The van der Waals surface area contributed by atoms with Crippen LogP contribution in [-0.2, 0) is 24.4 Å². The van der Waals surface area contributed by atoms with Gasteiger partial charge in [-0.05, 0) is 61.9 Å². The van der Waals surface area contributed by atoms with Crippen LogP contribution < -0.4 is 5.73 Å². The number of nitrogens with zero attached hydrogens (tertiary/aromatic N) is 4. The number of hydrogen-bond acceptors (Lipinski definition) is 6. The molecule has 0 aromatic heterocycles. The van der Waals surface area contributed by atoms with Gasteiger partial charge < -0.3 is 15.5 Å². The minimum absolute atomic E-state index is 0. The van der Waals surface area contributed by atoms with E-state index in [1.165, 1.54) is 17.0 Å². The minimum atomic E-state index is -4.26. The summed E-state index contributed by atoms with van der Waals surface area (Å²) in [7, 11) is -2.22. The molecule has 0 unspecified atom stereocenters. The van der Waals surface area contributed by atoms with Crippen molar-refractivity contribution < 1.29 is 22.8 Å². The smallest absolute Gasteiger partial charge is 0.245 e. The molecule has 0 saturated carbocycles. The number of likely N-dealkylation sites (tertiary alicyclic amines) is 3. The van der Waals surface area contributed by atoms with Crippen molar-refractivity contribution in [3.05, 3.63) is 41.4 Å². The van der Waals surface area contributed by atoms with E-state index < -0.39 is 40.5 Å².